The molecule has 0 spiro atoms. The number of aliphatic hydroxyl groups is 3. The normalized spacial score (nSPS) is 18.0. The van der Waals surface area contributed by atoms with Crippen LogP contribution in [0.2, 0.25) is 0 Å². The fourth-order valence-electron chi connectivity index (χ4n) is 9.13. The number of hydrogen-bond donors (Lipinski definition) is 18. The molecule has 21 N–H and O–H groups in total. The molecule has 1 aromatic rings. The molecule has 0 aliphatic carbocycles. The largest absolute Gasteiger partial charge is 0.508 e. The molecular weight excluding hydrogens is 1160 g/mol. The molecule has 2 aliphatic rings. The minimum absolute atomic E-state index is 0.00345. The number of nitrogens with two attached hydrogens (primary N) is 3. The number of hydrogen-bond acceptors (Lipinski definition) is 20. The first-order valence-corrected chi connectivity index (χ1v) is 27.6. The van der Waals surface area contributed by atoms with Gasteiger partial charge in [0.1, 0.15) is 72.2 Å². The van der Waals surface area contributed by atoms with E-state index in [9.17, 15) is 92.3 Å². The number of likely N-dealkylation sites (tertiary alicyclic amines) is 2. The van der Waals surface area contributed by atoms with Crippen molar-refractivity contribution < 1.29 is 103 Å². The van der Waals surface area contributed by atoms with Crippen molar-refractivity contribution in [3.63, 3.8) is 0 Å². The molecule has 1 aromatic carbocycles. The fraction of sp³-hybridized carbons (Fsp3) is 0.596. The lowest BCUT2D eigenvalue weighted by atomic mass is 9.96. The molecule has 35 heteroatoms. The van der Waals surface area contributed by atoms with Gasteiger partial charge in [-0.1, -0.05) is 32.4 Å². The SMILES string of the molecule is CC[C@H](C)[C@H](NC(=O)[C@H](CC(=O)O)NC(=O)[C@@H]1CCCN1C(=O)[C@H](CO)NC(=O)[C@@H](N)CO)C(=O)N[C@@H](Cc1ccc(O)cc1)C(=O)N[C@@H](CC(N)=O)C(=O)N1CCC[C@H]1C(=O)N[C@@H](CCC(N)=O)C(=O)N[C@@H](C)C(=O)NCC(=O)N[C@@H](CO)C(=O)O. The number of primary amides is 2. The molecule has 482 valence electrons. The number of aliphatic carboxylic acids is 2. The van der Waals surface area contributed by atoms with Gasteiger partial charge in [0.2, 0.25) is 76.8 Å². The summed E-state index contributed by atoms with van der Waals surface area (Å²) in [6.45, 7) is 0.640. The van der Waals surface area contributed by atoms with Crippen molar-refractivity contribution in [3.05, 3.63) is 29.8 Å². The number of phenolic OH excluding ortho intramolecular Hbond substituents is 1. The number of carboxylic acid groups (broad SMARTS) is 2. The number of rotatable bonds is 35. The van der Waals surface area contributed by atoms with Gasteiger partial charge < -0.3 is 105 Å². The number of amides is 13. The lowest BCUT2D eigenvalue weighted by Gasteiger charge is -2.31. The Morgan fingerprint density at radius 1 is 0.575 bits per heavy atom. The monoisotopic (exact) mass is 1230 g/mol. The molecule has 2 saturated heterocycles. The molecule has 12 atom stereocenters. The molecule has 35 nitrogen and oxygen atoms in total. The number of phenols is 1. The number of benzene rings is 1. The Bertz CT molecular complexity index is 2700. The van der Waals surface area contributed by atoms with Crippen molar-refractivity contribution in [1.29, 1.82) is 0 Å². The number of nitrogens with one attached hydrogen (secondary N) is 9. The van der Waals surface area contributed by atoms with Crippen LogP contribution in [0.25, 0.3) is 0 Å². The molecule has 2 aliphatic heterocycles. The van der Waals surface area contributed by atoms with Gasteiger partial charge in [0.15, 0.2) is 0 Å². The van der Waals surface area contributed by atoms with Crippen LogP contribution in [0.3, 0.4) is 0 Å². The Morgan fingerprint density at radius 3 is 1.60 bits per heavy atom. The van der Waals surface area contributed by atoms with E-state index in [4.69, 9.17) is 27.4 Å². The van der Waals surface area contributed by atoms with E-state index in [0.717, 1.165) is 9.80 Å². The van der Waals surface area contributed by atoms with Crippen molar-refractivity contribution in [1.82, 2.24) is 57.7 Å². The maximum absolute atomic E-state index is 14.5. The third kappa shape index (κ3) is 22.4. The van der Waals surface area contributed by atoms with Crippen LogP contribution >= 0.6 is 0 Å². The zero-order valence-corrected chi connectivity index (χ0v) is 48.0. The molecule has 2 fully saturated rings. The van der Waals surface area contributed by atoms with Crippen LogP contribution in [-0.2, 0) is 78.3 Å². The average Bonchev–Trinajstić information content (AvgIpc) is 2.64. The Labute approximate surface area is 497 Å². The molecule has 87 heavy (non-hydrogen) atoms. The Hall–Kier alpha value is -9.09. The highest BCUT2D eigenvalue weighted by molar-refractivity contribution is 6.01. The van der Waals surface area contributed by atoms with Crippen LogP contribution in [0.1, 0.15) is 84.1 Å². The van der Waals surface area contributed by atoms with Crippen molar-refractivity contribution in [2.45, 2.75) is 151 Å². The van der Waals surface area contributed by atoms with Crippen molar-refractivity contribution in [2.75, 3.05) is 39.5 Å². The summed E-state index contributed by atoms with van der Waals surface area (Å²) in [5, 5.41) is 77.9. The summed E-state index contributed by atoms with van der Waals surface area (Å²) in [7, 11) is 0. The van der Waals surface area contributed by atoms with Gasteiger partial charge in [0.05, 0.1) is 39.2 Å². The maximum atomic E-state index is 14.5. The first kappa shape index (κ1) is 72.2. The third-order valence-corrected chi connectivity index (χ3v) is 14.1. The predicted octanol–water partition coefficient (Wildman–Crippen LogP) is -9.02. The summed E-state index contributed by atoms with van der Waals surface area (Å²) in [5.41, 5.74) is 16.7. The summed E-state index contributed by atoms with van der Waals surface area (Å²) >= 11 is 0. The van der Waals surface area contributed by atoms with Crippen LogP contribution in [0.4, 0.5) is 0 Å². The minimum atomic E-state index is -1.90. The second kappa shape index (κ2) is 34.8. The lowest BCUT2D eigenvalue weighted by molar-refractivity contribution is -0.144. The standard InChI is InChI=1S/C52H78N14O21/c1-4-24(2)41(64-46(80)31(19-40(74)75)60-48(82)36-8-6-16-66(36)51(85)33(22-68)63-43(77)28(53)21-67)49(83)61-30(17-26-9-11-27(70)12-10-26)45(79)62-32(18-38(55)72)50(84)65-15-5-7-35(65)47(81)59-29(13-14-37(54)71)44(78)57-25(3)42(76)56-20-39(73)58-34(23-69)52(86)87/h9-12,24-25,28-36,41,67-70H,4-8,13-23,53H2,1-3H3,(H2,54,71)(H2,55,72)(H,56,76)(H,57,78)(H,58,73)(H,59,81)(H,60,82)(H,61,83)(H,62,79)(H,63,77)(H,64,80)(H,74,75)(H,86,87)/t24-,25-,28-,29-,30-,31-,32-,33-,34-,35-,36-,41-/m0/s1. The third-order valence-electron chi connectivity index (χ3n) is 14.1. The van der Waals surface area contributed by atoms with Gasteiger partial charge >= 0.3 is 11.9 Å². The zero-order chi connectivity index (χ0) is 65.4. The van der Waals surface area contributed by atoms with Gasteiger partial charge in [0, 0.05) is 25.9 Å². The minimum Gasteiger partial charge on any atom is -0.508 e. The molecule has 0 unspecified atom stereocenters. The second-order valence-corrected chi connectivity index (χ2v) is 20.8. The first-order valence-electron chi connectivity index (χ1n) is 27.6. The highest BCUT2D eigenvalue weighted by Crippen LogP contribution is 2.22. The summed E-state index contributed by atoms with van der Waals surface area (Å²) < 4.78 is 0. The van der Waals surface area contributed by atoms with Crippen LogP contribution in [0.5, 0.6) is 5.75 Å². The molecule has 0 radical (unpaired) electrons. The molecule has 3 rings (SSSR count). The van der Waals surface area contributed by atoms with E-state index in [0.29, 0.717) is 5.56 Å². The van der Waals surface area contributed by atoms with E-state index in [-0.39, 0.29) is 50.9 Å². The molecule has 0 aromatic heterocycles. The molecule has 13 amide bonds. The zero-order valence-electron chi connectivity index (χ0n) is 48.0. The van der Waals surface area contributed by atoms with E-state index >= 15 is 0 Å². The Morgan fingerprint density at radius 2 is 1.09 bits per heavy atom. The van der Waals surface area contributed by atoms with Gasteiger partial charge in [-0.3, -0.25) is 67.1 Å². The van der Waals surface area contributed by atoms with Gasteiger partial charge in [-0.2, -0.15) is 0 Å². The summed E-state index contributed by atoms with van der Waals surface area (Å²) in [6.07, 6.45) is -2.74. The van der Waals surface area contributed by atoms with Crippen LogP contribution < -0.4 is 65.1 Å². The number of aliphatic hydroxyl groups excluding tert-OH is 3. The lowest BCUT2D eigenvalue weighted by Crippen LogP contribution is -2.62. The number of carboxylic acids is 2. The van der Waals surface area contributed by atoms with E-state index in [2.05, 4.69) is 42.5 Å². The van der Waals surface area contributed by atoms with Gasteiger partial charge in [-0.15, -0.1) is 0 Å². The molecule has 0 bridgehead atoms. The Balaban J connectivity index is 1.88. The fourth-order valence-corrected chi connectivity index (χ4v) is 9.13. The van der Waals surface area contributed by atoms with Crippen molar-refractivity contribution in [3.8, 4) is 5.75 Å². The maximum Gasteiger partial charge on any atom is 0.328 e. The van der Waals surface area contributed by atoms with E-state index in [1.807, 2.05) is 5.32 Å². The average molecular weight is 1240 g/mol. The summed E-state index contributed by atoms with van der Waals surface area (Å²) in [6, 6.07) is -12.2. The van der Waals surface area contributed by atoms with Gasteiger partial charge in [-0.05, 0) is 62.6 Å². The number of carbonyl (C=O) groups is 15. The van der Waals surface area contributed by atoms with Crippen LogP contribution in [0.15, 0.2) is 24.3 Å². The summed E-state index contributed by atoms with van der Waals surface area (Å²) in [5.74, 6) is -17.5. The van der Waals surface area contributed by atoms with Crippen molar-refractivity contribution >= 4 is 88.7 Å². The smallest absolute Gasteiger partial charge is 0.328 e. The molecular formula is C52H78N14O21. The second-order valence-electron chi connectivity index (χ2n) is 20.8. The summed E-state index contributed by atoms with van der Waals surface area (Å²) in [4.78, 5) is 199. The molecule has 2 heterocycles. The number of carbonyl (C=O) groups excluding carboxylic acids is 13. The quantitative estimate of drug-likeness (QED) is 0.0300. The van der Waals surface area contributed by atoms with E-state index in [1.54, 1.807) is 6.92 Å². The van der Waals surface area contributed by atoms with Crippen molar-refractivity contribution in [2.24, 2.45) is 23.1 Å². The first-order chi connectivity index (χ1) is 41.0. The van der Waals surface area contributed by atoms with Crippen LogP contribution in [-0.4, -0.2) is 235 Å². The molecule has 0 saturated carbocycles. The van der Waals surface area contributed by atoms with Crippen LogP contribution in [0, 0.1) is 5.92 Å². The van der Waals surface area contributed by atoms with Gasteiger partial charge in [-0.25, -0.2) is 4.79 Å². The number of nitrogens with zero attached hydrogens (tertiary/aromatic N) is 2. The highest BCUT2D eigenvalue weighted by atomic mass is 16.4. The Kier molecular flexibility index (Phi) is 28.8. The highest BCUT2D eigenvalue weighted by Gasteiger charge is 2.43. The predicted molar refractivity (Wildman–Crippen MR) is 296 cm³/mol. The number of aromatic hydroxyl groups is 1. The van der Waals surface area contributed by atoms with E-state index in [1.165, 1.54) is 38.1 Å². The topological polar surface area (TPSA) is 570 Å². The van der Waals surface area contributed by atoms with E-state index < -0.39 is 220 Å². The van der Waals surface area contributed by atoms with Gasteiger partial charge in [0.25, 0.3) is 0 Å².